The zero-order chi connectivity index (χ0) is 9.84. The number of allylic oxidation sites excluding steroid dienone is 1. The Morgan fingerprint density at radius 2 is 1.92 bits per heavy atom. The molecule has 1 rings (SSSR count). The second-order valence-corrected chi connectivity index (χ2v) is 3.49. The molecule has 0 aliphatic heterocycles. The van der Waals surface area contributed by atoms with E-state index >= 15 is 0 Å². The van der Waals surface area contributed by atoms with Gasteiger partial charge in [0.1, 0.15) is 0 Å². The Bertz CT molecular complexity index is 284. The molecule has 0 saturated carbocycles. The standard InChI is InChI=1S/C12H16O/c1-9(2)11-4-6-12(7-5-11)10(3)8-13/h4-7,10,13H,1,8H2,2-3H3. The van der Waals surface area contributed by atoms with E-state index in [1.54, 1.807) is 0 Å². The van der Waals surface area contributed by atoms with Gasteiger partial charge in [-0.15, -0.1) is 0 Å². The summed E-state index contributed by atoms with van der Waals surface area (Å²) in [6, 6.07) is 8.18. The summed E-state index contributed by atoms with van der Waals surface area (Å²) < 4.78 is 0. The molecule has 0 amide bonds. The van der Waals surface area contributed by atoms with Crippen LogP contribution in [0.4, 0.5) is 0 Å². The monoisotopic (exact) mass is 176 g/mol. The highest BCUT2D eigenvalue weighted by Crippen LogP contribution is 2.18. The molecule has 0 heterocycles. The summed E-state index contributed by atoms with van der Waals surface area (Å²) in [4.78, 5) is 0. The van der Waals surface area contributed by atoms with E-state index in [0.29, 0.717) is 0 Å². The highest BCUT2D eigenvalue weighted by atomic mass is 16.3. The van der Waals surface area contributed by atoms with Crippen LogP contribution >= 0.6 is 0 Å². The largest absolute Gasteiger partial charge is 0.396 e. The lowest BCUT2D eigenvalue weighted by Gasteiger charge is -2.08. The summed E-state index contributed by atoms with van der Waals surface area (Å²) in [5.74, 6) is 0.221. The molecule has 0 aromatic heterocycles. The third kappa shape index (κ3) is 2.43. The van der Waals surface area contributed by atoms with Gasteiger partial charge in [0.05, 0.1) is 0 Å². The van der Waals surface area contributed by atoms with Crippen LogP contribution in [0.25, 0.3) is 5.57 Å². The fourth-order valence-electron chi connectivity index (χ4n) is 1.20. The van der Waals surface area contributed by atoms with Crippen molar-refractivity contribution < 1.29 is 5.11 Å². The lowest BCUT2D eigenvalue weighted by molar-refractivity contribution is 0.273. The third-order valence-corrected chi connectivity index (χ3v) is 2.25. The SMILES string of the molecule is C=C(C)c1ccc(C(C)CO)cc1. The third-order valence-electron chi connectivity index (χ3n) is 2.25. The number of aliphatic hydroxyl groups excluding tert-OH is 1. The van der Waals surface area contributed by atoms with E-state index in [0.717, 1.165) is 11.1 Å². The Hall–Kier alpha value is -1.08. The smallest absolute Gasteiger partial charge is 0.0497 e. The number of hydrogen-bond acceptors (Lipinski definition) is 1. The van der Waals surface area contributed by atoms with E-state index in [-0.39, 0.29) is 12.5 Å². The summed E-state index contributed by atoms with van der Waals surface area (Å²) >= 11 is 0. The Morgan fingerprint density at radius 3 is 2.31 bits per heavy atom. The molecule has 1 atom stereocenters. The summed E-state index contributed by atoms with van der Waals surface area (Å²) in [5.41, 5.74) is 3.41. The Balaban J connectivity index is 2.87. The summed E-state index contributed by atoms with van der Waals surface area (Å²) in [5, 5.41) is 8.95. The van der Waals surface area contributed by atoms with Gasteiger partial charge in [0, 0.05) is 12.5 Å². The Morgan fingerprint density at radius 1 is 1.38 bits per heavy atom. The first-order valence-corrected chi connectivity index (χ1v) is 4.52. The van der Waals surface area contributed by atoms with Gasteiger partial charge in [0.15, 0.2) is 0 Å². The minimum atomic E-state index is 0.201. The van der Waals surface area contributed by atoms with Crippen molar-refractivity contribution in [1.29, 1.82) is 0 Å². The second kappa shape index (κ2) is 4.24. The fraction of sp³-hybridized carbons (Fsp3) is 0.333. The van der Waals surface area contributed by atoms with Crippen molar-refractivity contribution in [3.63, 3.8) is 0 Å². The van der Waals surface area contributed by atoms with Crippen LogP contribution in [-0.2, 0) is 0 Å². The Kier molecular flexibility index (Phi) is 3.26. The molecule has 0 bridgehead atoms. The van der Waals surface area contributed by atoms with Gasteiger partial charge < -0.3 is 5.11 Å². The minimum absolute atomic E-state index is 0.201. The summed E-state index contributed by atoms with van der Waals surface area (Å²) in [7, 11) is 0. The number of aliphatic hydroxyl groups is 1. The van der Waals surface area contributed by atoms with Crippen molar-refractivity contribution >= 4 is 5.57 Å². The van der Waals surface area contributed by atoms with Crippen molar-refractivity contribution in [2.75, 3.05) is 6.61 Å². The van der Waals surface area contributed by atoms with Gasteiger partial charge in [-0.3, -0.25) is 0 Å². The van der Waals surface area contributed by atoms with Crippen molar-refractivity contribution in [3.05, 3.63) is 42.0 Å². The van der Waals surface area contributed by atoms with Crippen LogP contribution < -0.4 is 0 Å². The molecule has 0 fully saturated rings. The molecular formula is C12H16O. The average Bonchev–Trinajstić information content (AvgIpc) is 2.17. The van der Waals surface area contributed by atoms with Crippen LogP contribution in [0, 0.1) is 0 Å². The predicted octanol–water partition coefficient (Wildman–Crippen LogP) is 2.82. The molecule has 1 N–H and O–H groups in total. The molecule has 0 aliphatic carbocycles. The minimum Gasteiger partial charge on any atom is -0.396 e. The maximum atomic E-state index is 8.95. The molecule has 1 heteroatoms. The second-order valence-electron chi connectivity index (χ2n) is 3.49. The first-order valence-electron chi connectivity index (χ1n) is 4.52. The first kappa shape index (κ1) is 10.0. The van der Waals surface area contributed by atoms with Crippen LogP contribution in [0.3, 0.4) is 0 Å². The lowest BCUT2D eigenvalue weighted by Crippen LogP contribution is -1.98. The quantitative estimate of drug-likeness (QED) is 0.750. The number of benzene rings is 1. The molecule has 0 spiro atoms. The van der Waals surface area contributed by atoms with Gasteiger partial charge in [-0.25, -0.2) is 0 Å². The van der Waals surface area contributed by atoms with E-state index < -0.39 is 0 Å². The average molecular weight is 176 g/mol. The van der Waals surface area contributed by atoms with Crippen LogP contribution in [-0.4, -0.2) is 11.7 Å². The molecule has 0 radical (unpaired) electrons. The van der Waals surface area contributed by atoms with Crippen LogP contribution in [0.15, 0.2) is 30.8 Å². The van der Waals surface area contributed by atoms with E-state index in [4.69, 9.17) is 5.11 Å². The van der Waals surface area contributed by atoms with Crippen LogP contribution in [0.1, 0.15) is 30.9 Å². The molecule has 1 unspecified atom stereocenters. The van der Waals surface area contributed by atoms with E-state index in [1.807, 2.05) is 38.1 Å². The maximum absolute atomic E-state index is 8.95. The summed E-state index contributed by atoms with van der Waals surface area (Å²) in [6.07, 6.45) is 0. The van der Waals surface area contributed by atoms with E-state index in [1.165, 1.54) is 5.56 Å². The topological polar surface area (TPSA) is 20.2 Å². The predicted molar refractivity (Wildman–Crippen MR) is 56.7 cm³/mol. The van der Waals surface area contributed by atoms with Gasteiger partial charge in [0.2, 0.25) is 0 Å². The van der Waals surface area contributed by atoms with Crippen molar-refractivity contribution in [1.82, 2.24) is 0 Å². The first-order chi connectivity index (χ1) is 6.15. The highest BCUT2D eigenvalue weighted by Gasteiger charge is 2.02. The molecular weight excluding hydrogens is 160 g/mol. The van der Waals surface area contributed by atoms with Crippen molar-refractivity contribution in [2.24, 2.45) is 0 Å². The normalized spacial score (nSPS) is 12.5. The Labute approximate surface area is 79.7 Å². The highest BCUT2D eigenvalue weighted by molar-refractivity contribution is 5.61. The van der Waals surface area contributed by atoms with E-state index in [2.05, 4.69) is 6.58 Å². The molecule has 0 aliphatic rings. The summed E-state index contributed by atoms with van der Waals surface area (Å²) in [6.45, 7) is 8.07. The van der Waals surface area contributed by atoms with Crippen molar-refractivity contribution in [3.8, 4) is 0 Å². The number of hydrogen-bond donors (Lipinski definition) is 1. The van der Waals surface area contributed by atoms with Gasteiger partial charge in [0.25, 0.3) is 0 Å². The van der Waals surface area contributed by atoms with Gasteiger partial charge in [-0.05, 0) is 18.1 Å². The molecule has 1 aromatic rings. The van der Waals surface area contributed by atoms with Gasteiger partial charge in [-0.2, -0.15) is 0 Å². The van der Waals surface area contributed by atoms with Gasteiger partial charge in [-0.1, -0.05) is 43.3 Å². The molecule has 1 aromatic carbocycles. The van der Waals surface area contributed by atoms with Gasteiger partial charge >= 0.3 is 0 Å². The zero-order valence-corrected chi connectivity index (χ0v) is 8.25. The van der Waals surface area contributed by atoms with Crippen LogP contribution in [0.2, 0.25) is 0 Å². The lowest BCUT2D eigenvalue weighted by atomic mass is 9.99. The van der Waals surface area contributed by atoms with E-state index in [9.17, 15) is 0 Å². The zero-order valence-electron chi connectivity index (χ0n) is 8.25. The number of rotatable bonds is 3. The molecule has 70 valence electrons. The fourth-order valence-corrected chi connectivity index (χ4v) is 1.20. The molecule has 0 saturated heterocycles. The van der Waals surface area contributed by atoms with Crippen LogP contribution in [0.5, 0.6) is 0 Å². The van der Waals surface area contributed by atoms with Crippen molar-refractivity contribution in [2.45, 2.75) is 19.8 Å². The molecule has 1 nitrogen and oxygen atoms in total. The molecule has 13 heavy (non-hydrogen) atoms. The maximum Gasteiger partial charge on any atom is 0.0497 e.